The molecule has 1 aliphatic rings. The minimum absolute atomic E-state index is 0.141. The lowest BCUT2D eigenvalue weighted by atomic mass is 9.86. The zero-order chi connectivity index (χ0) is 36.0. The molecule has 0 aliphatic carbocycles. The number of carbonyl (C=O) groups excluding carboxylic acids is 3. The molecule has 0 spiro atoms. The number of nitrogens with one attached hydrogen (secondary N) is 4. The normalized spacial score (nSPS) is 13.0. The number of hydrogen-bond donors (Lipinski definition) is 5. The molecule has 1 saturated heterocycles. The van der Waals surface area contributed by atoms with Gasteiger partial charge in [0.2, 0.25) is 0 Å². The molecule has 1 aliphatic heterocycles. The van der Waals surface area contributed by atoms with Crippen LogP contribution in [0.5, 0.6) is 17.2 Å². The van der Waals surface area contributed by atoms with E-state index in [1.54, 1.807) is 46.2 Å². The Bertz CT molecular complexity index is 1920. The third kappa shape index (κ3) is 8.14. The van der Waals surface area contributed by atoms with Crippen molar-refractivity contribution in [3.8, 4) is 17.2 Å². The lowest BCUT2D eigenvalue weighted by molar-refractivity contribution is 0.0659. The maximum Gasteiger partial charge on any atom is 0.409 e. The highest BCUT2D eigenvalue weighted by molar-refractivity contribution is 6.08. The first-order chi connectivity index (χ1) is 23.9. The number of methoxy groups -OCH3 is 1. The van der Waals surface area contributed by atoms with E-state index < -0.39 is 12.1 Å². The number of benzene rings is 3. The van der Waals surface area contributed by atoms with Crippen LogP contribution in [0.4, 0.5) is 31.4 Å². The summed E-state index contributed by atoms with van der Waals surface area (Å²) in [4.78, 5) is 57.9. The molecule has 6 amide bonds. The Morgan fingerprint density at radius 1 is 0.840 bits per heavy atom. The largest absolute Gasteiger partial charge is 0.492 e. The van der Waals surface area contributed by atoms with Crippen molar-refractivity contribution in [3.63, 3.8) is 0 Å². The molecule has 2 heterocycles. The predicted molar refractivity (Wildman–Crippen MR) is 191 cm³/mol. The van der Waals surface area contributed by atoms with Crippen molar-refractivity contribution in [3.05, 3.63) is 78.1 Å². The summed E-state index contributed by atoms with van der Waals surface area (Å²) >= 11 is 0. The summed E-state index contributed by atoms with van der Waals surface area (Å²) in [6, 6.07) is 16.8. The average Bonchev–Trinajstić information content (AvgIpc) is 3.08. The van der Waals surface area contributed by atoms with E-state index in [0.717, 1.165) is 5.56 Å². The number of hydrogen-bond acceptors (Lipinski definition) is 7. The summed E-state index contributed by atoms with van der Waals surface area (Å²) in [7, 11) is 1.40. The van der Waals surface area contributed by atoms with Crippen LogP contribution in [0, 0.1) is 0 Å². The smallest absolute Gasteiger partial charge is 0.409 e. The van der Waals surface area contributed by atoms with Gasteiger partial charge in [-0.1, -0.05) is 45.0 Å². The van der Waals surface area contributed by atoms with E-state index in [0.29, 0.717) is 60.7 Å². The number of urea groups is 2. The van der Waals surface area contributed by atoms with Gasteiger partial charge in [0.1, 0.15) is 17.2 Å². The van der Waals surface area contributed by atoms with Gasteiger partial charge in [-0.15, -0.1) is 0 Å². The van der Waals surface area contributed by atoms with E-state index in [1.807, 2.05) is 52.0 Å². The van der Waals surface area contributed by atoms with Gasteiger partial charge in [0.15, 0.2) is 5.75 Å². The van der Waals surface area contributed by atoms with Gasteiger partial charge in [0, 0.05) is 55.8 Å². The maximum absolute atomic E-state index is 13.4. The van der Waals surface area contributed by atoms with E-state index in [4.69, 9.17) is 9.47 Å². The number of aromatic nitrogens is 1. The van der Waals surface area contributed by atoms with Gasteiger partial charge in [0.05, 0.1) is 24.2 Å². The van der Waals surface area contributed by atoms with E-state index in [9.17, 15) is 24.3 Å². The lowest BCUT2D eigenvalue weighted by Gasteiger charge is -2.34. The topological polar surface area (TPSA) is 174 Å². The van der Waals surface area contributed by atoms with Crippen LogP contribution in [0.3, 0.4) is 0 Å². The molecule has 4 aromatic rings. The third-order valence-electron chi connectivity index (χ3n) is 8.14. The minimum atomic E-state index is -1.26. The van der Waals surface area contributed by atoms with Gasteiger partial charge >= 0.3 is 18.2 Å². The van der Waals surface area contributed by atoms with Gasteiger partial charge in [-0.05, 0) is 48.2 Å². The lowest BCUT2D eigenvalue weighted by Crippen LogP contribution is -2.53. The second-order valence-corrected chi connectivity index (χ2v) is 12.6. The number of ether oxygens (including phenoxy) is 2. The molecule has 0 bridgehead atoms. The minimum Gasteiger partial charge on any atom is -0.492 e. The van der Waals surface area contributed by atoms with Crippen molar-refractivity contribution in [2.45, 2.75) is 33.1 Å². The van der Waals surface area contributed by atoms with Crippen LogP contribution in [0.2, 0.25) is 0 Å². The Balaban J connectivity index is 1.33. The number of amides is 6. The molecule has 0 atom stereocenters. The molecule has 14 nitrogen and oxygen atoms in total. The number of piperazine rings is 1. The zero-order valence-corrected chi connectivity index (χ0v) is 28.6. The fraction of sp³-hybridized carbons (Fsp3) is 0.306. The summed E-state index contributed by atoms with van der Waals surface area (Å²) in [5.41, 5.74) is 1.64. The van der Waals surface area contributed by atoms with E-state index in [1.165, 1.54) is 13.3 Å². The predicted octanol–water partition coefficient (Wildman–Crippen LogP) is 6.55. The van der Waals surface area contributed by atoms with Crippen molar-refractivity contribution in [2.24, 2.45) is 0 Å². The van der Waals surface area contributed by atoms with Crippen LogP contribution in [-0.4, -0.2) is 83.8 Å². The molecule has 5 N–H and O–H groups in total. The van der Waals surface area contributed by atoms with Crippen molar-refractivity contribution < 1.29 is 33.8 Å². The average molecular weight is 684 g/mol. The van der Waals surface area contributed by atoms with Gasteiger partial charge < -0.3 is 40.3 Å². The van der Waals surface area contributed by atoms with Gasteiger partial charge in [0.25, 0.3) is 5.91 Å². The van der Waals surface area contributed by atoms with Gasteiger partial charge in [-0.25, -0.2) is 14.4 Å². The van der Waals surface area contributed by atoms with E-state index in [2.05, 4.69) is 26.3 Å². The second kappa shape index (κ2) is 15.0. The monoisotopic (exact) mass is 683 g/mol. The van der Waals surface area contributed by atoms with Crippen molar-refractivity contribution in [1.29, 1.82) is 0 Å². The number of pyridine rings is 1. The maximum atomic E-state index is 13.4. The van der Waals surface area contributed by atoms with Crippen LogP contribution >= 0.6 is 0 Å². The van der Waals surface area contributed by atoms with E-state index in [-0.39, 0.29) is 40.2 Å². The van der Waals surface area contributed by atoms with Crippen LogP contribution in [0.25, 0.3) is 10.8 Å². The molecular formula is C36H41N7O7. The van der Waals surface area contributed by atoms with Crippen LogP contribution in [0.1, 0.15) is 43.7 Å². The number of carbonyl (C=O) groups is 4. The molecule has 14 heteroatoms. The summed E-state index contributed by atoms with van der Waals surface area (Å²) in [5, 5.41) is 21.6. The summed E-state index contributed by atoms with van der Waals surface area (Å²) in [6.07, 6.45) is 0.247. The molecule has 0 saturated carbocycles. The fourth-order valence-corrected chi connectivity index (χ4v) is 5.58. The van der Waals surface area contributed by atoms with Crippen LogP contribution in [-0.2, 0) is 5.41 Å². The zero-order valence-electron chi connectivity index (χ0n) is 28.6. The Labute approximate surface area is 289 Å². The van der Waals surface area contributed by atoms with E-state index >= 15 is 0 Å². The molecule has 5 rings (SSSR count). The molecule has 0 unspecified atom stereocenters. The number of fused-ring (bicyclic) bond motifs is 1. The number of rotatable bonds is 8. The van der Waals surface area contributed by atoms with Crippen LogP contribution < -0.4 is 30.7 Å². The quantitative estimate of drug-likeness (QED) is 0.139. The van der Waals surface area contributed by atoms with Gasteiger partial charge in [-0.2, -0.15) is 0 Å². The standard InChI is InChI=1S/C36H41N7O7/c1-6-37-34(46)43-17-15-42(16-18-43)32(44)29-21-23(13-14-38-29)50-30-12-11-26(24-9-7-8-10-25(24)30)39-33(45)40-27-19-22(36(2,3)4)20-28(31(27)49-5)41-35(47)48/h7-14,19-21,41H,6,15-18H2,1-5H3,(H,37,46)(H,47,48)(H2,39,40,45). The molecule has 1 fully saturated rings. The molecule has 3 aromatic carbocycles. The molecular weight excluding hydrogens is 642 g/mol. The first-order valence-electron chi connectivity index (χ1n) is 16.2. The number of anilines is 3. The Morgan fingerprint density at radius 3 is 2.12 bits per heavy atom. The SMILES string of the molecule is CCNC(=O)N1CCN(C(=O)c2cc(Oc3ccc(NC(=O)Nc4cc(C(C)(C)C)cc(NC(=O)O)c4OC)c4ccccc34)ccn2)CC1. The molecule has 262 valence electrons. The highest BCUT2D eigenvalue weighted by Gasteiger charge is 2.26. The van der Waals surface area contributed by atoms with Crippen molar-refractivity contribution in [2.75, 3.05) is 55.8 Å². The van der Waals surface area contributed by atoms with Crippen LogP contribution in [0.15, 0.2) is 66.9 Å². The number of nitrogens with zero attached hydrogens (tertiary/aromatic N) is 3. The molecule has 1 aromatic heterocycles. The highest BCUT2D eigenvalue weighted by atomic mass is 16.5. The summed E-state index contributed by atoms with van der Waals surface area (Å²) in [6.45, 7) is 9.97. The third-order valence-corrected chi connectivity index (χ3v) is 8.14. The number of carboxylic acid groups (broad SMARTS) is 1. The molecule has 50 heavy (non-hydrogen) atoms. The molecule has 0 radical (unpaired) electrons. The Kier molecular flexibility index (Phi) is 10.6. The summed E-state index contributed by atoms with van der Waals surface area (Å²) in [5.74, 6) is 0.818. The Hall–Kier alpha value is -6.05. The van der Waals surface area contributed by atoms with Gasteiger partial charge in [-0.3, -0.25) is 15.1 Å². The fourth-order valence-electron chi connectivity index (χ4n) is 5.58. The summed E-state index contributed by atoms with van der Waals surface area (Å²) < 4.78 is 11.7. The Morgan fingerprint density at radius 2 is 1.48 bits per heavy atom. The first kappa shape index (κ1) is 35.3. The van der Waals surface area contributed by atoms with Crippen molar-refractivity contribution in [1.82, 2.24) is 20.1 Å². The first-order valence-corrected chi connectivity index (χ1v) is 16.2. The van der Waals surface area contributed by atoms with Crippen molar-refractivity contribution >= 4 is 51.9 Å². The highest BCUT2D eigenvalue weighted by Crippen LogP contribution is 2.39. The second-order valence-electron chi connectivity index (χ2n) is 12.6.